The molecule has 21 heavy (non-hydrogen) atoms. The normalized spacial score (nSPS) is 11.7. The Morgan fingerprint density at radius 3 is 2.90 bits per heavy atom. The summed E-state index contributed by atoms with van der Waals surface area (Å²) in [5.74, 6) is 5.29. The first-order valence-corrected chi connectivity index (χ1v) is 6.59. The molecule has 6 heteroatoms. The fraction of sp³-hybridized carbons (Fsp3) is 0.267. The molecule has 1 aromatic carbocycles. The van der Waals surface area contributed by atoms with Crippen LogP contribution in [0.2, 0.25) is 0 Å². The number of fused-ring (bicyclic) bond motifs is 1. The second-order valence-electron chi connectivity index (χ2n) is 4.84. The van der Waals surface area contributed by atoms with Gasteiger partial charge in [0, 0.05) is 18.5 Å². The highest BCUT2D eigenvalue weighted by Gasteiger charge is 2.19. The number of nitriles is 1. The van der Waals surface area contributed by atoms with E-state index < -0.39 is 0 Å². The monoisotopic (exact) mass is 283 g/mol. The number of nitrogens with one attached hydrogen (secondary N) is 1. The number of nitrogens with two attached hydrogens (primary N) is 1. The summed E-state index contributed by atoms with van der Waals surface area (Å²) < 4.78 is 0. The Balaban J connectivity index is 2.42. The minimum atomic E-state index is -0.236. The van der Waals surface area contributed by atoms with Gasteiger partial charge in [-0.05, 0) is 19.1 Å². The molecule has 1 unspecified atom stereocenters. The standard InChI is InChI=1S/C15H17N5O/c1-10(7-8-16)20(2)15(21)14-9-13(19-17)11-5-3-4-6-12(11)18-14/h3-6,9-10H,7,17H2,1-2H3,(H,18,19). The van der Waals surface area contributed by atoms with E-state index >= 15 is 0 Å². The fourth-order valence-corrected chi connectivity index (χ4v) is 2.05. The van der Waals surface area contributed by atoms with Crippen molar-refractivity contribution in [3.05, 3.63) is 36.0 Å². The second-order valence-corrected chi connectivity index (χ2v) is 4.84. The number of benzene rings is 1. The zero-order valence-electron chi connectivity index (χ0n) is 12.0. The average molecular weight is 283 g/mol. The number of hydrogen-bond donors (Lipinski definition) is 2. The second kappa shape index (κ2) is 6.20. The third-order valence-electron chi connectivity index (χ3n) is 3.46. The molecular weight excluding hydrogens is 266 g/mol. The molecule has 0 spiro atoms. The molecule has 0 saturated carbocycles. The number of amides is 1. The summed E-state index contributed by atoms with van der Waals surface area (Å²) in [6, 6.07) is 11.0. The van der Waals surface area contributed by atoms with Crippen LogP contribution in [0.15, 0.2) is 30.3 Å². The number of hydrogen-bond acceptors (Lipinski definition) is 5. The minimum Gasteiger partial charge on any atom is -0.337 e. The molecule has 0 aliphatic carbocycles. The largest absolute Gasteiger partial charge is 0.337 e. The number of para-hydroxylation sites is 1. The van der Waals surface area contributed by atoms with Crippen LogP contribution < -0.4 is 11.3 Å². The predicted octanol–water partition coefficient (Wildman–Crippen LogP) is 1.89. The van der Waals surface area contributed by atoms with Gasteiger partial charge in [0.25, 0.3) is 5.91 Å². The number of nitrogens with zero attached hydrogens (tertiary/aromatic N) is 3. The van der Waals surface area contributed by atoms with Crippen molar-refractivity contribution in [2.24, 2.45) is 5.84 Å². The molecule has 1 heterocycles. The van der Waals surface area contributed by atoms with Crippen molar-refractivity contribution in [2.75, 3.05) is 12.5 Å². The Morgan fingerprint density at radius 2 is 2.24 bits per heavy atom. The van der Waals surface area contributed by atoms with E-state index in [9.17, 15) is 4.79 Å². The molecule has 3 N–H and O–H groups in total. The van der Waals surface area contributed by atoms with Crippen molar-refractivity contribution in [3.63, 3.8) is 0 Å². The molecule has 2 aromatic rings. The molecule has 1 amide bonds. The van der Waals surface area contributed by atoms with Gasteiger partial charge < -0.3 is 10.3 Å². The number of rotatable bonds is 4. The van der Waals surface area contributed by atoms with Crippen molar-refractivity contribution >= 4 is 22.5 Å². The van der Waals surface area contributed by atoms with Gasteiger partial charge in [0.1, 0.15) is 5.69 Å². The molecule has 6 nitrogen and oxygen atoms in total. The number of anilines is 1. The molecule has 0 aliphatic heterocycles. The fourth-order valence-electron chi connectivity index (χ4n) is 2.05. The third kappa shape index (κ3) is 2.93. The van der Waals surface area contributed by atoms with Crippen LogP contribution in [0, 0.1) is 11.3 Å². The summed E-state index contributed by atoms with van der Waals surface area (Å²) in [5.41, 5.74) is 4.23. The molecule has 0 aliphatic rings. The maximum Gasteiger partial charge on any atom is 0.272 e. The third-order valence-corrected chi connectivity index (χ3v) is 3.46. The summed E-state index contributed by atoms with van der Waals surface area (Å²) in [5, 5.41) is 9.58. The van der Waals surface area contributed by atoms with Gasteiger partial charge in [-0.15, -0.1) is 0 Å². The maximum atomic E-state index is 12.5. The average Bonchev–Trinajstić information content (AvgIpc) is 2.52. The number of nitrogen functional groups attached to an aromatic ring is 1. The first kappa shape index (κ1) is 14.8. The quantitative estimate of drug-likeness (QED) is 0.660. The molecule has 1 aromatic heterocycles. The lowest BCUT2D eigenvalue weighted by molar-refractivity contribution is 0.0741. The molecular formula is C15H17N5O. The van der Waals surface area contributed by atoms with E-state index in [4.69, 9.17) is 11.1 Å². The van der Waals surface area contributed by atoms with Gasteiger partial charge in [-0.3, -0.25) is 10.6 Å². The first-order valence-electron chi connectivity index (χ1n) is 6.59. The maximum absolute atomic E-state index is 12.5. The van der Waals surface area contributed by atoms with Crippen molar-refractivity contribution in [2.45, 2.75) is 19.4 Å². The van der Waals surface area contributed by atoms with Crippen LogP contribution in [0.1, 0.15) is 23.8 Å². The van der Waals surface area contributed by atoms with Gasteiger partial charge in [0.2, 0.25) is 0 Å². The van der Waals surface area contributed by atoms with Gasteiger partial charge >= 0.3 is 0 Å². The number of carbonyl (C=O) groups is 1. The molecule has 0 saturated heterocycles. The molecule has 108 valence electrons. The van der Waals surface area contributed by atoms with E-state index in [0.29, 0.717) is 16.9 Å². The summed E-state index contributed by atoms with van der Waals surface area (Å²) in [6.45, 7) is 1.82. The first-order chi connectivity index (χ1) is 10.1. The molecule has 0 bridgehead atoms. The van der Waals surface area contributed by atoms with Gasteiger partial charge in [0.05, 0.1) is 23.7 Å². The van der Waals surface area contributed by atoms with Crippen LogP contribution in [-0.2, 0) is 0 Å². The predicted molar refractivity (Wildman–Crippen MR) is 81.3 cm³/mol. The van der Waals surface area contributed by atoms with Crippen LogP contribution >= 0.6 is 0 Å². The molecule has 2 rings (SSSR count). The van der Waals surface area contributed by atoms with Crippen LogP contribution in [0.3, 0.4) is 0 Å². The van der Waals surface area contributed by atoms with E-state index in [1.54, 1.807) is 13.1 Å². The molecule has 0 fully saturated rings. The van der Waals surface area contributed by atoms with Crippen molar-refractivity contribution in [1.82, 2.24) is 9.88 Å². The van der Waals surface area contributed by atoms with Crippen LogP contribution in [-0.4, -0.2) is 28.9 Å². The summed E-state index contributed by atoms with van der Waals surface area (Å²) in [6.07, 6.45) is 0.276. The SMILES string of the molecule is CC(CC#N)N(C)C(=O)c1cc(NN)c2ccccc2n1. The highest BCUT2D eigenvalue weighted by atomic mass is 16.2. The van der Waals surface area contributed by atoms with E-state index in [2.05, 4.69) is 16.5 Å². The smallest absolute Gasteiger partial charge is 0.272 e. The number of pyridine rings is 1. The lowest BCUT2D eigenvalue weighted by Gasteiger charge is -2.23. The highest BCUT2D eigenvalue weighted by molar-refractivity contribution is 5.99. The lowest BCUT2D eigenvalue weighted by Crippen LogP contribution is -2.35. The Kier molecular flexibility index (Phi) is 4.36. The summed E-state index contributed by atoms with van der Waals surface area (Å²) in [7, 11) is 1.66. The van der Waals surface area contributed by atoms with Crippen LogP contribution in [0.4, 0.5) is 5.69 Å². The summed E-state index contributed by atoms with van der Waals surface area (Å²) in [4.78, 5) is 18.4. The zero-order chi connectivity index (χ0) is 15.4. The van der Waals surface area contributed by atoms with Gasteiger partial charge in [-0.2, -0.15) is 5.26 Å². The minimum absolute atomic E-state index is 0.176. The van der Waals surface area contributed by atoms with Crippen molar-refractivity contribution < 1.29 is 4.79 Å². The van der Waals surface area contributed by atoms with Gasteiger partial charge in [0.15, 0.2) is 0 Å². The van der Waals surface area contributed by atoms with Gasteiger partial charge in [-0.25, -0.2) is 4.98 Å². The number of carbonyl (C=O) groups excluding carboxylic acids is 1. The number of hydrazine groups is 1. The Morgan fingerprint density at radius 1 is 1.52 bits per heavy atom. The van der Waals surface area contributed by atoms with E-state index in [1.807, 2.05) is 31.2 Å². The topological polar surface area (TPSA) is 95.0 Å². The lowest BCUT2D eigenvalue weighted by atomic mass is 10.1. The Bertz CT molecular complexity index is 707. The Labute approximate surface area is 123 Å². The summed E-state index contributed by atoms with van der Waals surface area (Å²) >= 11 is 0. The van der Waals surface area contributed by atoms with E-state index in [0.717, 1.165) is 5.39 Å². The highest BCUT2D eigenvalue weighted by Crippen LogP contribution is 2.23. The molecule has 1 atom stereocenters. The zero-order valence-corrected chi connectivity index (χ0v) is 12.0. The van der Waals surface area contributed by atoms with Crippen molar-refractivity contribution in [1.29, 1.82) is 5.26 Å². The molecule has 0 radical (unpaired) electrons. The van der Waals surface area contributed by atoms with E-state index in [1.165, 1.54) is 4.90 Å². The Hall–Kier alpha value is -2.65. The van der Waals surface area contributed by atoms with Crippen LogP contribution in [0.25, 0.3) is 10.9 Å². The van der Waals surface area contributed by atoms with Crippen molar-refractivity contribution in [3.8, 4) is 6.07 Å². The van der Waals surface area contributed by atoms with Crippen LogP contribution in [0.5, 0.6) is 0 Å². The number of aromatic nitrogens is 1. The van der Waals surface area contributed by atoms with E-state index in [-0.39, 0.29) is 18.4 Å². The van der Waals surface area contributed by atoms with Gasteiger partial charge in [-0.1, -0.05) is 18.2 Å².